The summed E-state index contributed by atoms with van der Waals surface area (Å²) in [5.74, 6) is 1.49. The van der Waals surface area contributed by atoms with Gasteiger partial charge in [0.25, 0.3) is 5.91 Å². The van der Waals surface area contributed by atoms with Crippen LogP contribution in [0.3, 0.4) is 0 Å². The number of pyridine rings is 1. The number of anilines is 1. The second kappa shape index (κ2) is 10.5. The van der Waals surface area contributed by atoms with Crippen molar-refractivity contribution in [1.29, 1.82) is 0 Å². The first-order valence-corrected chi connectivity index (χ1v) is 12.9. The number of hydrogen-bond donors (Lipinski definition) is 2. The van der Waals surface area contributed by atoms with Crippen molar-refractivity contribution in [2.24, 2.45) is 17.3 Å². The van der Waals surface area contributed by atoms with Crippen molar-refractivity contribution in [2.45, 2.75) is 65.1 Å². The maximum atomic E-state index is 13.3. The third kappa shape index (κ3) is 5.43. The molecule has 2 aliphatic carbocycles. The van der Waals surface area contributed by atoms with Crippen LogP contribution in [0, 0.1) is 17.3 Å². The molecule has 2 aromatic rings. The Morgan fingerprint density at radius 3 is 2.56 bits per heavy atom. The molecule has 2 N–H and O–H groups in total. The van der Waals surface area contributed by atoms with Gasteiger partial charge in [-0.05, 0) is 44.4 Å². The van der Waals surface area contributed by atoms with Crippen molar-refractivity contribution in [3.63, 3.8) is 0 Å². The number of hydrogen-bond acceptors (Lipinski definition) is 5. The van der Waals surface area contributed by atoms with Crippen molar-refractivity contribution < 1.29 is 22.7 Å². The molecule has 0 radical (unpaired) electrons. The number of aryl methyl sites for hydroxylation is 1. The Bertz CT molecular complexity index is 1090. The van der Waals surface area contributed by atoms with Gasteiger partial charge in [-0.15, -0.1) is 0 Å². The maximum Gasteiger partial charge on any atom is 0.396 e. The number of aromatic nitrogens is 3. The SMILES string of the molecule is CCn1nc(C(=O)NCC2CCC(C)CC2)c(Cl)c1-c1cnc(NCC2(C(F)(F)F)CC2)cc1OC. The van der Waals surface area contributed by atoms with Crippen LogP contribution in [0.4, 0.5) is 19.0 Å². The van der Waals surface area contributed by atoms with Crippen molar-refractivity contribution in [1.82, 2.24) is 20.1 Å². The number of alkyl halides is 3. The standard InChI is InChI=1S/C25H33ClF3N5O2/c1-4-34-22(20(26)21(33-34)23(35)31-12-16-7-5-15(2)6-8-16)17-13-30-19(11-18(17)36-3)32-14-24(9-10-24)25(27,28)29/h11,13,15-16H,4-10,12,14H2,1-3H3,(H,30,32)(H,31,35). The Balaban J connectivity index is 1.51. The van der Waals surface area contributed by atoms with Crippen molar-refractivity contribution in [3.8, 4) is 17.0 Å². The number of rotatable bonds is 9. The van der Waals surface area contributed by atoms with E-state index in [0.29, 0.717) is 36.0 Å². The molecular formula is C25H33ClF3N5O2. The van der Waals surface area contributed by atoms with Crippen LogP contribution in [-0.2, 0) is 6.54 Å². The highest BCUT2D eigenvalue weighted by Gasteiger charge is 2.62. The third-order valence-electron chi connectivity index (χ3n) is 7.50. The number of amides is 1. The van der Waals surface area contributed by atoms with Crippen LogP contribution < -0.4 is 15.4 Å². The lowest BCUT2D eigenvalue weighted by Crippen LogP contribution is -2.31. The van der Waals surface area contributed by atoms with Gasteiger partial charge in [-0.1, -0.05) is 31.4 Å². The predicted molar refractivity (Wildman–Crippen MR) is 132 cm³/mol. The molecule has 0 aliphatic heterocycles. The topological polar surface area (TPSA) is 81.1 Å². The van der Waals surface area contributed by atoms with E-state index >= 15 is 0 Å². The largest absolute Gasteiger partial charge is 0.496 e. The Labute approximate surface area is 214 Å². The number of methoxy groups -OCH3 is 1. The molecule has 2 fully saturated rings. The van der Waals surface area contributed by atoms with Crippen molar-refractivity contribution in [2.75, 3.05) is 25.5 Å². The van der Waals surface area contributed by atoms with Crippen molar-refractivity contribution in [3.05, 3.63) is 23.0 Å². The third-order valence-corrected chi connectivity index (χ3v) is 7.86. The number of nitrogens with zero attached hydrogens (tertiary/aromatic N) is 3. The molecule has 2 heterocycles. The highest BCUT2D eigenvalue weighted by molar-refractivity contribution is 6.36. The lowest BCUT2D eigenvalue weighted by molar-refractivity contribution is -0.182. The monoisotopic (exact) mass is 527 g/mol. The van der Waals surface area contributed by atoms with Gasteiger partial charge < -0.3 is 15.4 Å². The number of carbonyl (C=O) groups is 1. The average Bonchev–Trinajstić information content (AvgIpc) is 3.59. The molecule has 4 rings (SSSR count). The molecular weight excluding hydrogens is 495 g/mol. The molecule has 0 atom stereocenters. The molecule has 0 unspecified atom stereocenters. The molecule has 2 aromatic heterocycles. The van der Waals surface area contributed by atoms with Crippen molar-refractivity contribution >= 4 is 23.3 Å². The van der Waals surface area contributed by atoms with Gasteiger partial charge in [-0.2, -0.15) is 18.3 Å². The zero-order valence-corrected chi connectivity index (χ0v) is 21.6. The zero-order valence-electron chi connectivity index (χ0n) is 20.8. The van der Waals surface area contributed by atoms with E-state index in [-0.39, 0.29) is 41.8 Å². The molecule has 0 bridgehead atoms. The second-order valence-corrected chi connectivity index (χ2v) is 10.4. The summed E-state index contributed by atoms with van der Waals surface area (Å²) in [7, 11) is 1.46. The minimum atomic E-state index is -4.25. The lowest BCUT2D eigenvalue weighted by Gasteiger charge is -2.26. The number of carbonyl (C=O) groups excluding carboxylic acids is 1. The summed E-state index contributed by atoms with van der Waals surface area (Å²) in [6, 6.07) is 1.54. The highest BCUT2D eigenvalue weighted by Crippen LogP contribution is 2.57. The lowest BCUT2D eigenvalue weighted by atomic mass is 9.83. The van der Waals surface area contributed by atoms with Gasteiger partial charge in [-0.3, -0.25) is 9.48 Å². The summed E-state index contributed by atoms with van der Waals surface area (Å²) in [5, 5.41) is 10.4. The molecule has 198 valence electrons. The van der Waals surface area contributed by atoms with Crippen LogP contribution in [0.5, 0.6) is 5.75 Å². The van der Waals surface area contributed by atoms with Gasteiger partial charge in [0, 0.05) is 31.9 Å². The van der Waals surface area contributed by atoms with E-state index in [9.17, 15) is 18.0 Å². The zero-order chi connectivity index (χ0) is 26.1. The quantitative estimate of drug-likeness (QED) is 0.422. The fourth-order valence-corrected chi connectivity index (χ4v) is 5.10. The first-order chi connectivity index (χ1) is 17.1. The minimum Gasteiger partial charge on any atom is -0.496 e. The summed E-state index contributed by atoms with van der Waals surface area (Å²) >= 11 is 6.66. The van der Waals surface area contributed by atoms with Gasteiger partial charge in [0.05, 0.1) is 28.8 Å². The smallest absolute Gasteiger partial charge is 0.396 e. The molecule has 0 aromatic carbocycles. The Kier molecular flexibility index (Phi) is 7.73. The van der Waals surface area contributed by atoms with Gasteiger partial charge in [0.2, 0.25) is 0 Å². The maximum absolute atomic E-state index is 13.3. The van der Waals surface area contributed by atoms with E-state index in [1.807, 2.05) is 6.92 Å². The van der Waals surface area contributed by atoms with E-state index in [1.54, 1.807) is 4.68 Å². The van der Waals surface area contributed by atoms with E-state index in [0.717, 1.165) is 18.8 Å². The average molecular weight is 528 g/mol. The molecule has 2 aliphatic rings. The minimum absolute atomic E-state index is 0.106. The highest BCUT2D eigenvalue weighted by atomic mass is 35.5. The number of halogens is 4. The van der Waals surface area contributed by atoms with E-state index in [1.165, 1.54) is 32.2 Å². The van der Waals surface area contributed by atoms with E-state index in [2.05, 4.69) is 27.6 Å². The van der Waals surface area contributed by atoms with E-state index < -0.39 is 11.6 Å². The molecule has 0 spiro atoms. The van der Waals surface area contributed by atoms with Crippen LogP contribution >= 0.6 is 11.6 Å². The predicted octanol–water partition coefficient (Wildman–Crippen LogP) is 5.94. The van der Waals surface area contributed by atoms with Crippen LogP contribution in [0.1, 0.15) is 62.9 Å². The summed E-state index contributed by atoms with van der Waals surface area (Å²) in [4.78, 5) is 17.2. The van der Waals surface area contributed by atoms with Crippen LogP contribution in [0.2, 0.25) is 5.02 Å². The Hall–Kier alpha value is -2.49. The van der Waals surface area contributed by atoms with Gasteiger partial charge in [0.15, 0.2) is 5.69 Å². The van der Waals surface area contributed by atoms with E-state index in [4.69, 9.17) is 16.3 Å². The molecule has 0 saturated heterocycles. The first-order valence-electron chi connectivity index (χ1n) is 12.5. The van der Waals surface area contributed by atoms with Gasteiger partial charge in [0.1, 0.15) is 11.6 Å². The summed E-state index contributed by atoms with van der Waals surface area (Å²) < 4.78 is 46.9. The summed E-state index contributed by atoms with van der Waals surface area (Å²) in [6.45, 7) is 4.91. The van der Waals surface area contributed by atoms with Gasteiger partial charge in [-0.25, -0.2) is 4.98 Å². The second-order valence-electron chi connectivity index (χ2n) is 10.1. The first kappa shape index (κ1) is 26.6. The van der Waals surface area contributed by atoms with Crippen LogP contribution in [0.15, 0.2) is 12.3 Å². The molecule has 2 saturated carbocycles. The molecule has 36 heavy (non-hydrogen) atoms. The number of nitrogens with one attached hydrogen (secondary N) is 2. The molecule has 11 heteroatoms. The van der Waals surface area contributed by atoms with Crippen LogP contribution in [-0.4, -0.2) is 47.0 Å². The van der Waals surface area contributed by atoms with Crippen LogP contribution in [0.25, 0.3) is 11.3 Å². The Morgan fingerprint density at radius 1 is 1.28 bits per heavy atom. The normalized spacial score (nSPS) is 21.2. The van der Waals surface area contributed by atoms with Gasteiger partial charge >= 0.3 is 6.18 Å². The number of ether oxygens (including phenoxy) is 1. The summed E-state index contributed by atoms with van der Waals surface area (Å²) in [6.07, 6.45) is 1.97. The fraction of sp³-hybridized carbons (Fsp3) is 0.640. The molecule has 1 amide bonds. The Morgan fingerprint density at radius 2 is 1.97 bits per heavy atom. The fourth-order valence-electron chi connectivity index (χ4n) is 4.78. The molecule has 7 nitrogen and oxygen atoms in total. The summed E-state index contributed by atoms with van der Waals surface area (Å²) in [5.41, 5.74) is -0.591.